The number of amides is 1. The van der Waals surface area contributed by atoms with E-state index in [4.69, 9.17) is 18.6 Å². The maximum absolute atomic E-state index is 12.9. The first kappa shape index (κ1) is 27.5. The Labute approximate surface area is 191 Å². The summed E-state index contributed by atoms with van der Waals surface area (Å²) in [6.45, 7) is 17.1. The van der Waals surface area contributed by atoms with Crippen molar-refractivity contribution in [3.63, 3.8) is 0 Å². The van der Waals surface area contributed by atoms with Gasteiger partial charge in [0.05, 0.1) is 19.8 Å². The van der Waals surface area contributed by atoms with Crippen molar-refractivity contribution in [2.24, 2.45) is 0 Å². The molecule has 0 N–H and O–H groups in total. The predicted octanol–water partition coefficient (Wildman–Crippen LogP) is 5.10. The highest BCUT2D eigenvalue weighted by molar-refractivity contribution is 7.14. The van der Waals surface area contributed by atoms with Crippen LogP contribution in [-0.2, 0) is 18.6 Å². The quantitative estimate of drug-likeness (QED) is 0.363. The number of carbonyl (C=O) groups is 2. The lowest BCUT2D eigenvalue weighted by Crippen LogP contribution is -2.46. The van der Waals surface area contributed by atoms with Crippen LogP contribution in [0.25, 0.3) is 0 Å². The van der Waals surface area contributed by atoms with E-state index >= 15 is 0 Å². The molecule has 0 aliphatic carbocycles. The van der Waals surface area contributed by atoms with Gasteiger partial charge in [-0.25, -0.2) is 14.6 Å². The summed E-state index contributed by atoms with van der Waals surface area (Å²) >= 11 is 1.19. The molecule has 31 heavy (non-hydrogen) atoms. The average Bonchev–Trinajstić information content (AvgIpc) is 3.08. The molecule has 0 fully saturated rings. The summed E-state index contributed by atoms with van der Waals surface area (Å²) in [5.74, 6) is -0.551. The van der Waals surface area contributed by atoms with E-state index in [1.807, 2.05) is 0 Å². The number of anilines is 1. The summed E-state index contributed by atoms with van der Waals surface area (Å²) in [6, 6.07) is 0. The van der Waals surface area contributed by atoms with Gasteiger partial charge in [0.15, 0.2) is 19.1 Å². The maximum atomic E-state index is 12.9. The molecule has 8 nitrogen and oxygen atoms in total. The van der Waals surface area contributed by atoms with E-state index in [1.165, 1.54) is 23.3 Å². The maximum Gasteiger partial charge on any atom is 0.416 e. The van der Waals surface area contributed by atoms with Gasteiger partial charge in [-0.05, 0) is 45.3 Å². The fraction of sp³-hybridized carbons (Fsp3) is 0.762. The van der Waals surface area contributed by atoms with Crippen molar-refractivity contribution in [2.45, 2.75) is 77.8 Å². The summed E-state index contributed by atoms with van der Waals surface area (Å²) < 4.78 is 22.2. The average molecular weight is 475 g/mol. The third kappa shape index (κ3) is 8.51. The molecule has 0 bridgehead atoms. The van der Waals surface area contributed by atoms with Crippen molar-refractivity contribution in [1.82, 2.24) is 4.98 Å². The number of thiazole rings is 1. The van der Waals surface area contributed by atoms with Crippen molar-refractivity contribution >= 4 is 36.8 Å². The van der Waals surface area contributed by atoms with E-state index < -0.39 is 26.0 Å². The Morgan fingerprint density at radius 2 is 1.77 bits per heavy atom. The Hall–Kier alpha value is -1.49. The Bertz CT molecular complexity index is 739. The summed E-state index contributed by atoms with van der Waals surface area (Å²) in [4.78, 5) is 30.4. The van der Waals surface area contributed by atoms with Crippen LogP contribution in [0.3, 0.4) is 0 Å². The Morgan fingerprint density at radius 3 is 2.26 bits per heavy atom. The monoisotopic (exact) mass is 474 g/mol. The number of hydrogen-bond donors (Lipinski definition) is 0. The Kier molecular flexibility index (Phi) is 9.67. The number of aromatic nitrogens is 1. The highest BCUT2D eigenvalue weighted by atomic mass is 32.1. The fourth-order valence-corrected chi connectivity index (χ4v) is 4.58. The van der Waals surface area contributed by atoms with Gasteiger partial charge in [0, 0.05) is 19.0 Å². The molecule has 0 radical (unpaired) electrons. The number of ether oxygens (including phenoxy) is 3. The molecule has 0 aromatic carbocycles. The highest BCUT2D eigenvalue weighted by Crippen LogP contribution is 2.37. The van der Waals surface area contributed by atoms with Crippen molar-refractivity contribution in [3.8, 4) is 0 Å². The first-order valence-corrected chi connectivity index (χ1v) is 14.1. The highest BCUT2D eigenvalue weighted by Gasteiger charge is 2.39. The fourth-order valence-electron chi connectivity index (χ4n) is 2.40. The van der Waals surface area contributed by atoms with Gasteiger partial charge in [0.1, 0.15) is 5.60 Å². The number of esters is 1. The Balaban J connectivity index is 3.08. The molecule has 0 saturated heterocycles. The minimum atomic E-state index is -2.03. The van der Waals surface area contributed by atoms with Gasteiger partial charge in [-0.2, -0.15) is 0 Å². The van der Waals surface area contributed by atoms with Crippen LogP contribution in [0.5, 0.6) is 0 Å². The molecule has 0 aliphatic rings. The number of rotatable bonds is 9. The molecule has 1 rings (SSSR count). The summed E-state index contributed by atoms with van der Waals surface area (Å²) in [5.41, 5.74) is -0.511. The van der Waals surface area contributed by atoms with Gasteiger partial charge in [-0.1, -0.05) is 20.8 Å². The molecule has 1 heterocycles. The normalized spacial score (nSPS) is 13.6. The molecule has 10 heteroatoms. The first-order valence-electron chi connectivity index (χ1n) is 10.3. The van der Waals surface area contributed by atoms with E-state index in [1.54, 1.807) is 33.3 Å². The van der Waals surface area contributed by atoms with Crippen molar-refractivity contribution in [2.75, 3.05) is 32.3 Å². The molecule has 0 aliphatic heterocycles. The second kappa shape index (κ2) is 10.9. The van der Waals surface area contributed by atoms with Crippen LogP contribution in [-0.4, -0.2) is 64.4 Å². The van der Waals surface area contributed by atoms with Gasteiger partial charge in [0.25, 0.3) is 0 Å². The number of methoxy groups -OCH3 is 2. The molecular weight excluding hydrogens is 436 g/mol. The van der Waals surface area contributed by atoms with E-state index in [0.29, 0.717) is 24.7 Å². The van der Waals surface area contributed by atoms with Gasteiger partial charge in [0.2, 0.25) is 0 Å². The standard InChI is InChI=1S/C21H38N2O6SSi/c1-20(2,3)28-19(25)23(18-22-16(14-30-18)17(24)27-8)12-11-15(13-26-7)29-31(9,10)21(4,5)6/h14-15H,11-13H2,1-10H3. The van der Waals surface area contributed by atoms with E-state index in [2.05, 4.69) is 38.8 Å². The third-order valence-electron chi connectivity index (χ3n) is 5.03. The lowest BCUT2D eigenvalue weighted by atomic mass is 10.2. The van der Waals surface area contributed by atoms with Crippen LogP contribution in [0, 0.1) is 0 Å². The molecule has 1 amide bonds. The van der Waals surface area contributed by atoms with Gasteiger partial charge in [-0.15, -0.1) is 11.3 Å². The van der Waals surface area contributed by atoms with Crippen LogP contribution >= 0.6 is 11.3 Å². The lowest BCUT2D eigenvalue weighted by molar-refractivity contribution is 0.0536. The third-order valence-corrected chi connectivity index (χ3v) is 10.4. The van der Waals surface area contributed by atoms with Crippen LogP contribution in [0.4, 0.5) is 9.93 Å². The minimum Gasteiger partial charge on any atom is -0.464 e. The second-order valence-corrected chi connectivity index (χ2v) is 15.5. The molecule has 178 valence electrons. The van der Waals surface area contributed by atoms with Crippen LogP contribution < -0.4 is 4.90 Å². The molecular formula is C21H38N2O6SSi. The van der Waals surface area contributed by atoms with Crippen molar-refractivity contribution in [3.05, 3.63) is 11.1 Å². The zero-order chi connectivity index (χ0) is 24.0. The minimum absolute atomic E-state index is 0.0502. The van der Waals surface area contributed by atoms with Crippen LogP contribution in [0.2, 0.25) is 18.1 Å². The second-order valence-electron chi connectivity index (χ2n) is 9.88. The lowest BCUT2D eigenvalue weighted by Gasteiger charge is -2.39. The summed E-state index contributed by atoms with van der Waals surface area (Å²) in [6.07, 6.45) is -0.176. The van der Waals surface area contributed by atoms with Crippen molar-refractivity contribution < 1.29 is 28.2 Å². The first-order chi connectivity index (χ1) is 14.1. The van der Waals surface area contributed by atoms with E-state index in [-0.39, 0.29) is 16.8 Å². The molecule has 0 spiro atoms. The van der Waals surface area contributed by atoms with Gasteiger partial charge in [-0.3, -0.25) is 4.90 Å². The number of carbonyl (C=O) groups excluding carboxylic acids is 2. The van der Waals surface area contributed by atoms with Crippen molar-refractivity contribution in [1.29, 1.82) is 0 Å². The molecule has 1 aromatic heterocycles. The topological polar surface area (TPSA) is 87.2 Å². The summed E-state index contributed by atoms with van der Waals surface area (Å²) in [7, 11) is 0.902. The molecule has 1 unspecified atom stereocenters. The Morgan fingerprint density at radius 1 is 1.16 bits per heavy atom. The largest absolute Gasteiger partial charge is 0.464 e. The molecule has 1 aromatic rings. The predicted molar refractivity (Wildman–Crippen MR) is 126 cm³/mol. The summed E-state index contributed by atoms with van der Waals surface area (Å²) in [5, 5.41) is 1.99. The number of nitrogens with zero attached hydrogens (tertiary/aromatic N) is 2. The van der Waals surface area contributed by atoms with Gasteiger partial charge >= 0.3 is 12.1 Å². The zero-order valence-corrected chi connectivity index (χ0v) is 22.3. The zero-order valence-electron chi connectivity index (χ0n) is 20.5. The van der Waals surface area contributed by atoms with Gasteiger partial charge < -0.3 is 18.6 Å². The SMILES string of the molecule is COCC(CCN(C(=O)OC(C)(C)C)c1nc(C(=O)OC)cs1)O[Si](C)(C)C(C)(C)C. The molecule has 1 atom stereocenters. The molecule has 0 saturated carbocycles. The van der Waals surface area contributed by atoms with Crippen LogP contribution in [0.1, 0.15) is 58.5 Å². The van der Waals surface area contributed by atoms with E-state index in [0.717, 1.165) is 0 Å². The van der Waals surface area contributed by atoms with Crippen LogP contribution in [0.15, 0.2) is 5.38 Å². The number of hydrogen-bond acceptors (Lipinski definition) is 8. The van der Waals surface area contributed by atoms with E-state index in [9.17, 15) is 9.59 Å². The smallest absolute Gasteiger partial charge is 0.416 e.